The number of ether oxygens (including phenoxy) is 1. The van der Waals surface area contributed by atoms with Crippen molar-refractivity contribution in [2.24, 2.45) is 5.41 Å². The lowest BCUT2D eigenvalue weighted by molar-refractivity contribution is -0.157. The van der Waals surface area contributed by atoms with Crippen LogP contribution in [0.4, 0.5) is 4.79 Å². The second-order valence-corrected chi connectivity index (χ2v) is 8.40. The molecule has 2 rings (SSSR count). The van der Waals surface area contributed by atoms with Crippen molar-refractivity contribution in [3.05, 3.63) is 34.9 Å². The van der Waals surface area contributed by atoms with Gasteiger partial charge in [0.15, 0.2) is 0 Å². The Labute approximate surface area is 160 Å². The van der Waals surface area contributed by atoms with Gasteiger partial charge in [-0.3, -0.25) is 4.79 Å². The lowest BCUT2D eigenvalue weighted by atomic mass is 9.68. The molecule has 1 aliphatic rings. The average molecular weight is 382 g/mol. The molecule has 26 heavy (non-hydrogen) atoms. The molecular formula is C20H28ClNO4. The van der Waals surface area contributed by atoms with Gasteiger partial charge in [-0.25, -0.2) is 4.79 Å². The molecule has 2 unspecified atom stereocenters. The largest absolute Gasteiger partial charge is 0.481 e. The van der Waals surface area contributed by atoms with E-state index in [0.717, 1.165) is 5.56 Å². The van der Waals surface area contributed by atoms with Crippen LogP contribution in [-0.4, -0.2) is 40.3 Å². The minimum atomic E-state index is -1.03. The van der Waals surface area contributed by atoms with Gasteiger partial charge in [-0.1, -0.05) is 30.7 Å². The Balaban J connectivity index is 2.35. The highest BCUT2D eigenvalue weighted by atomic mass is 35.5. The van der Waals surface area contributed by atoms with Crippen molar-refractivity contribution in [1.82, 2.24) is 4.90 Å². The van der Waals surface area contributed by atoms with Crippen LogP contribution in [0.15, 0.2) is 24.3 Å². The molecule has 1 fully saturated rings. The molecule has 0 bridgehead atoms. The van der Waals surface area contributed by atoms with Crippen molar-refractivity contribution in [3.63, 3.8) is 0 Å². The number of hydrogen-bond acceptors (Lipinski definition) is 3. The van der Waals surface area contributed by atoms with Crippen molar-refractivity contribution in [1.29, 1.82) is 0 Å². The Hall–Kier alpha value is -1.75. The van der Waals surface area contributed by atoms with Gasteiger partial charge in [0.05, 0.1) is 11.5 Å². The van der Waals surface area contributed by atoms with Crippen LogP contribution in [0.1, 0.15) is 52.5 Å². The summed E-state index contributed by atoms with van der Waals surface area (Å²) in [5.41, 5.74) is -0.742. The van der Waals surface area contributed by atoms with Gasteiger partial charge in [0.25, 0.3) is 0 Å². The van der Waals surface area contributed by atoms with Crippen LogP contribution in [0.25, 0.3) is 0 Å². The lowest BCUT2D eigenvalue weighted by Crippen LogP contribution is -2.59. The Morgan fingerprint density at radius 3 is 2.42 bits per heavy atom. The van der Waals surface area contributed by atoms with Crippen LogP contribution in [0.5, 0.6) is 0 Å². The Kier molecular flexibility index (Phi) is 6.22. The molecule has 1 aliphatic heterocycles. The predicted molar refractivity (Wildman–Crippen MR) is 101 cm³/mol. The first-order valence-corrected chi connectivity index (χ1v) is 9.44. The maximum atomic E-state index is 12.7. The first kappa shape index (κ1) is 20.6. The van der Waals surface area contributed by atoms with Gasteiger partial charge >= 0.3 is 12.1 Å². The minimum Gasteiger partial charge on any atom is -0.481 e. The number of aliphatic carboxylic acids is 1. The molecule has 0 spiro atoms. The third-order valence-electron chi connectivity index (χ3n) is 4.91. The van der Waals surface area contributed by atoms with Crippen LogP contribution in [-0.2, 0) is 16.0 Å². The van der Waals surface area contributed by atoms with Crippen LogP contribution >= 0.6 is 11.6 Å². The number of likely N-dealkylation sites (tertiary alicyclic amines) is 1. The molecule has 0 saturated carbocycles. The van der Waals surface area contributed by atoms with Crippen molar-refractivity contribution >= 4 is 23.7 Å². The van der Waals surface area contributed by atoms with E-state index in [1.54, 1.807) is 17.0 Å². The van der Waals surface area contributed by atoms with Gasteiger partial charge in [-0.05, 0) is 64.2 Å². The van der Waals surface area contributed by atoms with E-state index in [4.69, 9.17) is 16.3 Å². The number of carbonyl (C=O) groups is 2. The fraction of sp³-hybridized carbons (Fsp3) is 0.600. The number of carboxylic acid groups (broad SMARTS) is 1. The molecule has 1 N–H and O–H groups in total. The summed E-state index contributed by atoms with van der Waals surface area (Å²) in [6, 6.07) is 6.82. The maximum absolute atomic E-state index is 12.7. The second-order valence-electron chi connectivity index (χ2n) is 7.97. The Morgan fingerprint density at radius 1 is 1.31 bits per heavy atom. The van der Waals surface area contributed by atoms with Gasteiger partial charge in [0.1, 0.15) is 5.60 Å². The molecule has 6 heteroatoms. The van der Waals surface area contributed by atoms with E-state index in [9.17, 15) is 14.7 Å². The third-order valence-corrected chi connectivity index (χ3v) is 5.16. The normalized spacial score (nSPS) is 23.6. The highest BCUT2D eigenvalue weighted by Gasteiger charge is 2.51. The predicted octanol–water partition coefficient (Wildman–Crippen LogP) is 4.76. The highest BCUT2D eigenvalue weighted by molar-refractivity contribution is 6.30. The van der Waals surface area contributed by atoms with Gasteiger partial charge in [-0.15, -0.1) is 0 Å². The Bertz CT molecular complexity index is 653. The molecule has 0 aromatic heterocycles. The van der Waals surface area contributed by atoms with E-state index >= 15 is 0 Å². The summed E-state index contributed by atoms with van der Waals surface area (Å²) in [7, 11) is 0. The van der Waals surface area contributed by atoms with Gasteiger partial charge in [0, 0.05) is 11.6 Å². The average Bonchev–Trinajstić information content (AvgIpc) is 2.54. The summed E-state index contributed by atoms with van der Waals surface area (Å²) in [5, 5.41) is 10.7. The van der Waals surface area contributed by atoms with Crippen molar-refractivity contribution in [2.45, 2.75) is 65.0 Å². The van der Waals surface area contributed by atoms with Gasteiger partial charge < -0.3 is 14.7 Å². The molecule has 1 heterocycles. The summed E-state index contributed by atoms with van der Waals surface area (Å²) in [5.74, 6) is -0.868. The second kappa shape index (κ2) is 7.87. The topological polar surface area (TPSA) is 66.8 Å². The molecule has 1 saturated heterocycles. The fourth-order valence-corrected chi connectivity index (χ4v) is 3.96. The van der Waals surface area contributed by atoms with Crippen molar-refractivity contribution in [3.8, 4) is 0 Å². The van der Waals surface area contributed by atoms with Crippen molar-refractivity contribution in [2.75, 3.05) is 6.54 Å². The Morgan fingerprint density at radius 2 is 1.92 bits per heavy atom. The zero-order valence-electron chi connectivity index (χ0n) is 15.9. The van der Waals surface area contributed by atoms with E-state index in [0.29, 0.717) is 37.3 Å². The standard InChI is InChI=1S/C20H28ClNO4/c1-5-16-20(17(23)24,13-14-7-9-15(21)10-8-14)11-6-12-22(16)18(25)26-19(2,3)4/h7-10,16H,5-6,11-13H2,1-4H3,(H,23,24). The first-order valence-electron chi connectivity index (χ1n) is 9.06. The molecule has 144 valence electrons. The van der Waals surface area contributed by atoms with E-state index in [1.165, 1.54) is 0 Å². The minimum absolute atomic E-state index is 0.358. The number of benzene rings is 1. The van der Waals surface area contributed by atoms with E-state index in [2.05, 4.69) is 0 Å². The number of rotatable bonds is 4. The monoisotopic (exact) mass is 381 g/mol. The van der Waals surface area contributed by atoms with Gasteiger partial charge in [0.2, 0.25) is 0 Å². The van der Waals surface area contributed by atoms with Crippen LogP contribution < -0.4 is 0 Å². The number of carbonyl (C=O) groups excluding carboxylic acids is 1. The first-order chi connectivity index (χ1) is 12.1. The van der Waals surface area contributed by atoms with Crippen LogP contribution in [0.2, 0.25) is 5.02 Å². The van der Waals surface area contributed by atoms with Crippen LogP contribution in [0.3, 0.4) is 0 Å². The molecule has 1 amide bonds. The lowest BCUT2D eigenvalue weighted by Gasteiger charge is -2.47. The SMILES string of the molecule is CCC1N(C(=O)OC(C)(C)C)CCCC1(Cc1ccc(Cl)cc1)C(=O)O. The highest BCUT2D eigenvalue weighted by Crippen LogP contribution is 2.41. The summed E-state index contributed by atoms with van der Waals surface area (Å²) in [6.07, 6.45) is 1.64. The van der Waals surface area contributed by atoms with E-state index in [1.807, 2.05) is 39.8 Å². The van der Waals surface area contributed by atoms with E-state index in [-0.39, 0.29) is 0 Å². The van der Waals surface area contributed by atoms with Crippen LogP contribution in [0, 0.1) is 5.41 Å². The summed E-state index contributed by atoms with van der Waals surface area (Å²) >= 11 is 5.95. The smallest absolute Gasteiger partial charge is 0.410 e. The molecule has 1 aromatic carbocycles. The molecule has 0 radical (unpaired) electrons. The zero-order valence-corrected chi connectivity index (χ0v) is 16.7. The molecule has 5 nitrogen and oxygen atoms in total. The molecule has 1 aromatic rings. The number of hydrogen-bond donors (Lipinski definition) is 1. The maximum Gasteiger partial charge on any atom is 0.410 e. The molecule has 2 atom stereocenters. The zero-order chi connectivity index (χ0) is 19.5. The summed E-state index contributed by atoms with van der Waals surface area (Å²) < 4.78 is 5.52. The summed E-state index contributed by atoms with van der Waals surface area (Å²) in [4.78, 5) is 26.7. The summed E-state index contributed by atoms with van der Waals surface area (Å²) in [6.45, 7) is 7.88. The number of amides is 1. The number of nitrogens with zero attached hydrogens (tertiary/aromatic N) is 1. The quantitative estimate of drug-likeness (QED) is 0.816. The van der Waals surface area contributed by atoms with Gasteiger partial charge in [-0.2, -0.15) is 0 Å². The number of halogens is 1. The van der Waals surface area contributed by atoms with E-state index < -0.39 is 29.1 Å². The number of carboxylic acids is 1. The molecule has 0 aliphatic carbocycles. The third kappa shape index (κ3) is 4.50. The molecular weight excluding hydrogens is 354 g/mol. The number of piperidine rings is 1. The van der Waals surface area contributed by atoms with Crippen molar-refractivity contribution < 1.29 is 19.4 Å². The fourth-order valence-electron chi connectivity index (χ4n) is 3.83.